The van der Waals surface area contributed by atoms with Gasteiger partial charge in [-0.1, -0.05) is 42.1 Å². The van der Waals surface area contributed by atoms with Gasteiger partial charge in [0.1, 0.15) is 0 Å². The summed E-state index contributed by atoms with van der Waals surface area (Å²) < 4.78 is 0. The second kappa shape index (κ2) is 8.76. The number of para-hydroxylation sites is 2. The molecule has 0 unspecified atom stereocenters. The van der Waals surface area contributed by atoms with Crippen molar-refractivity contribution in [1.29, 1.82) is 0 Å². The largest absolute Gasteiger partial charge is 0.358 e. The average Bonchev–Trinajstić information content (AvgIpc) is 2.51. The Bertz CT molecular complexity index is 530. The summed E-state index contributed by atoms with van der Waals surface area (Å²) in [6, 6.07) is 31.8. The molecule has 0 fully saturated rings. The van der Waals surface area contributed by atoms with Gasteiger partial charge in [-0.25, -0.2) is 0 Å². The monoisotopic (exact) mass is 348 g/mol. The van der Waals surface area contributed by atoms with Gasteiger partial charge in [0.05, 0.1) is 0 Å². The average molecular weight is 348 g/mol. The maximum absolute atomic E-state index is 3.06. The van der Waals surface area contributed by atoms with E-state index >= 15 is 0 Å². The van der Waals surface area contributed by atoms with Crippen LogP contribution in [0.3, 0.4) is 0 Å². The Labute approximate surface area is 152 Å². The second-order valence-electron chi connectivity index (χ2n) is 4.26. The first-order chi connectivity index (χ1) is 9.45. The summed E-state index contributed by atoms with van der Waals surface area (Å²) in [6.07, 6.45) is 0. The molecular weight excluding hydrogens is 331 g/mol. The van der Waals surface area contributed by atoms with Gasteiger partial charge >= 0.3 is 0 Å². The quantitative estimate of drug-likeness (QED) is 0.573. The smallest absolute Gasteiger partial charge is 0.0438 e. The first-order valence-corrected chi connectivity index (χ1v) is 6.31. The van der Waals surface area contributed by atoms with Gasteiger partial charge in [0, 0.05) is 44.1 Å². The molecule has 0 bridgehead atoms. The Morgan fingerprint density at radius 3 is 1.38 bits per heavy atom. The molecule has 0 aromatic heterocycles. The molecule has 0 heterocycles. The third-order valence-corrected chi connectivity index (χ3v) is 2.99. The minimum atomic E-state index is 0. The first kappa shape index (κ1) is 17.6. The third kappa shape index (κ3) is 4.26. The molecular formula is C19H17NY-2. The van der Waals surface area contributed by atoms with Crippen LogP contribution < -0.4 is 4.90 Å². The molecule has 0 saturated carbocycles. The summed E-state index contributed by atoms with van der Waals surface area (Å²) in [5, 5.41) is 0. The van der Waals surface area contributed by atoms with Crippen LogP contribution in [0.2, 0.25) is 0 Å². The van der Waals surface area contributed by atoms with E-state index in [4.69, 9.17) is 0 Å². The van der Waals surface area contributed by atoms with E-state index in [2.05, 4.69) is 71.6 Å². The van der Waals surface area contributed by atoms with Crippen molar-refractivity contribution < 1.29 is 32.7 Å². The molecule has 0 aliphatic rings. The third-order valence-electron chi connectivity index (χ3n) is 2.99. The summed E-state index contributed by atoms with van der Waals surface area (Å²) in [5.41, 5.74) is 3.44. The van der Waals surface area contributed by atoms with Crippen LogP contribution in [0.5, 0.6) is 0 Å². The molecule has 0 atom stereocenters. The van der Waals surface area contributed by atoms with Gasteiger partial charge in [0.25, 0.3) is 0 Å². The minimum absolute atomic E-state index is 0. The first-order valence-electron chi connectivity index (χ1n) is 6.31. The molecule has 21 heavy (non-hydrogen) atoms. The van der Waals surface area contributed by atoms with Gasteiger partial charge in [-0.15, -0.1) is 12.1 Å². The Morgan fingerprint density at radius 1 is 0.571 bits per heavy atom. The molecule has 0 aliphatic carbocycles. The van der Waals surface area contributed by atoms with Crippen molar-refractivity contribution in [2.45, 2.75) is 0 Å². The fraction of sp³-hybridized carbons (Fsp3) is 0. The van der Waals surface area contributed by atoms with Crippen molar-refractivity contribution >= 4 is 17.1 Å². The molecule has 0 spiro atoms. The molecule has 0 N–H and O–H groups in total. The predicted molar refractivity (Wildman–Crippen MR) is 86.4 cm³/mol. The van der Waals surface area contributed by atoms with E-state index in [0.29, 0.717) is 0 Å². The van der Waals surface area contributed by atoms with Crippen LogP contribution in [-0.4, -0.2) is 0 Å². The summed E-state index contributed by atoms with van der Waals surface area (Å²) in [6.45, 7) is 0. The van der Waals surface area contributed by atoms with Crippen LogP contribution in [-0.2, 0) is 32.7 Å². The van der Waals surface area contributed by atoms with Crippen molar-refractivity contribution in [1.82, 2.24) is 0 Å². The maximum atomic E-state index is 3.06. The van der Waals surface area contributed by atoms with Crippen LogP contribution in [0.4, 0.5) is 17.1 Å². The SMILES string of the molecule is [CH3-].[Y].[c-]1ccc(N(c2ccccc2)c2ccccc2)cc1. The number of benzene rings is 3. The van der Waals surface area contributed by atoms with Crippen LogP contribution in [0.25, 0.3) is 0 Å². The van der Waals surface area contributed by atoms with Crippen molar-refractivity contribution in [3.05, 3.63) is 98.4 Å². The van der Waals surface area contributed by atoms with E-state index in [-0.39, 0.29) is 40.1 Å². The number of rotatable bonds is 3. The predicted octanol–water partition coefficient (Wildman–Crippen LogP) is 5.40. The van der Waals surface area contributed by atoms with Gasteiger partial charge < -0.3 is 12.3 Å². The van der Waals surface area contributed by atoms with Gasteiger partial charge in [-0.3, -0.25) is 0 Å². The zero-order valence-corrected chi connectivity index (χ0v) is 14.9. The standard InChI is InChI=1S/C18H14N.CH3.Y/c1-4-10-16(11-5-1)19(17-12-6-2-7-13-17)18-14-8-3-9-15-18;;/h1-2,4-15H;1H3;/q2*-1;. The summed E-state index contributed by atoms with van der Waals surface area (Å²) >= 11 is 0. The molecule has 3 rings (SSSR count). The number of hydrogen-bond acceptors (Lipinski definition) is 1. The Kier molecular flexibility index (Phi) is 7.35. The van der Waals surface area contributed by atoms with Crippen LogP contribution in [0, 0.1) is 13.5 Å². The molecule has 0 saturated heterocycles. The molecule has 2 heteroatoms. The van der Waals surface area contributed by atoms with E-state index in [9.17, 15) is 0 Å². The molecule has 0 aliphatic heterocycles. The van der Waals surface area contributed by atoms with E-state index in [1.165, 1.54) is 0 Å². The molecule has 103 valence electrons. The number of hydrogen-bond donors (Lipinski definition) is 0. The molecule has 1 nitrogen and oxygen atoms in total. The van der Waals surface area contributed by atoms with Crippen LogP contribution in [0.1, 0.15) is 0 Å². The van der Waals surface area contributed by atoms with Crippen molar-refractivity contribution in [3.63, 3.8) is 0 Å². The maximum Gasteiger partial charge on any atom is 0.0438 e. The van der Waals surface area contributed by atoms with E-state index in [1.807, 2.05) is 24.3 Å². The Morgan fingerprint density at radius 2 is 0.952 bits per heavy atom. The number of nitrogens with zero attached hydrogens (tertiary/aromatic N) is 1. The fourth-order valence-electron chi connectivity index (χ4n) is 2.13. The van der Waals surface area contributed by atoms with Crippen molar-refractivity contribution in [3.8, 4) is 0 Å². The molecule has 1 radical (unpaired) electrons. The minimum Gasteiger partial charge on any atom is -0.358 e. The summed E-state index contributed by atoms with van der Waals surface area (Å²) in [4.78, 5) is 2.23. The molecule has 0 amide bonds. The van der Waals surface area contributed by atoms with Crippen LogP contribution in [0.15, 0.2) is 84.9 Å². The number of anilines is 3. The Balaban J connectivity index is 0.00000110. The fourth-order valence-corrected chi connectivity index (χ4v) is 2.13. The topological polar surface area (TPSA) is 3.24 Å². The van der Waals surface area contributed by atoms with Gasteiger partial charge in [-0.05, 0) is 24.3 Å². The van der Waals surface area contributed by atoms with Crippen molar-refractivity contribution in [2.24, 2.45) is 0 Å². The van der Waals surface area contributed by atoms with Gasteiger partial charge in [-0.2, -0.15) is 18.2 Å². The zero-order chi connectivity index (χ0) is 12.9. The normalized spacial score (nSPS) is 9.14. The van der Waals surface area contributed by atoms with E-state index < -0.39 is 0 Å². The van der Waals surface area contributed by atoms with E-state index in [0.717, 1.165) is 17.1 Å². The summed E-state index contributed by atoms with van der Waals surface area (Å²) in [7, 11) is 0. The molecule has 3 aromatic carbocycles. The van der Waals surface area contributed by atoms with Crippen LogP contribution >= 0.6 is 0 Å². The summed E-state index contributed by atoms with van der Waals surface area (Å²) in [5.74, 6) is 0. The van der Waals surface area contributed by atoms with Gasteiger partial charge in [0.15, 0.2) is 0 Å². The van der Waals surface area contributed by atoms with Crippen molar-refractivity contribution in [2.75, 3.05) is 4.90 Å². The second-order valence-corrected chi connectivity index (χ2v) is 4.26. The Hall–Kier alpha value is -1.44. The molecule has 3 aromatic rings. The van der Waals surface area contributed by atoms with Gasteiger partial charge in [0.2, 0.25) is 0 Å². The van der Waals surface area contributed by atoms with E-state index in [1.54, 1.807) is 0 Å². The zero-order valence-electron chi connectivity index (χ0n) is 12.1.